The predicted octanol–water partition coefficient (Wildman–Crippen LogP) is 3.01. The van der Waals surface area contributed by atoms with Crippen LogP contribution in [-0.4, -0.2) is 62.5 Å². The van der Waals surface area contributed by atoms with E-state index in [4.69, 9.17) is 15.2 Å². The Balaban J connectivity index is 1.16. The molecule has 4 rings (SSSR count). The number of carbonyl (C=O) groups is 1. The van der Waals surface area contributed by atoms with Crippen LogP contribution < -0.4 is 10.5 Å². The molecule has 0 bridgehead atoms. The number of ether oxygens (including phenoxy) is 2. The van der Waals surface area contributed by atoms with E-state index in [1.54, 1.807) is 6.07 Å². The molecule has 0 aromatic carbocycles. The molecule has 2 N–H and O–H groups in total. The lowest BCUT2D eigenvalue weighted by atomic mass is 9.71. The van der Waals surface area contributed by atoms with Crippen molar-refractivity contribution in [3.05, 3.63) is 18.3 Å². The highest BCUT2D eigenvalue weighted by atomic mass is 32.2. The molecule has 2 aliphatic carbocycles. The van der Waals surface area contributed by atoms with Gasteiger partial charge in [-0.2, -0.15) is 0 Å². The van der Waals surface area contributed by atoms with E-state index < -0.39 is 9.84 Å². The van der Waals surface area contributed by atoms with Crippen LogP contribution in [0.1, 0.15) is 51.9 Å². The summed E-state index contributed by atoms with van der Waals surface area (Å²) in [7, 11) is -3.26. The summed E-state index contributed by atoms with van der Waals surface area (Å²) in [6.07, 6.45) is 9.46. The maximum Gasteiger partial charge on any atom is 0.409 e. The van der Waals surface area contributed by atoms with Gasteiger partial charge in [0.05, 0.1) is 18.1 Å². The van der Waals surface area contributed by atoms with Crippen molar-refractivity contribution in [2.45, 2.75) is 62.3 Å². The summed E-state index contributed by atoms with van der Waals surface area (Å²) in [6, 6.07) is 3.07. The van der Waals surface area contributed by atoms with E-state index in [2.05, 4.69) is 11.9 Å². The molecule has 1 amide bonds. The highest BCUT2D eigenvalue weighted by Crippen LogP contribution is 2.51. The Morgan fingerprint density at radius 1 is 1.28 bits per heavy atom. The number of likely N-dealkylation sites (tertiary alicyclic amines) is 1. The van der Waals surface area contributed by atoms with Gasteiger partial charge >= 0.3 is 6.09 Å². The SMILES string of the molecule is CC1(COC(=O)N2CCC([C@H]3C[C@@]3(N)CCOc3ccc(S(C)(=O)=O)cn3)CC2)CCC1. The van der Waals surface area contributed by atoms with Crippen LogP contribution >= 0.6 is 0 Å². The van der Waals surface area contributed by atoms with Crippen molar-refractivity contribution in [3.8, 4) is 5.88 Å². The molecule has 178 valence electrons. The molecule has 0 radical (unpaired) electrons. The molecule has 3 fully saturated rings. The standard InChI is InChI=1S/C23H35N3O5S/c1-22(8-3-9-22)16-31-21(27)26-11-6-17(7-12-26)19-14-23(19,24)10-13-30-20-5-4-18(15-25-20)32(2,28)29/h4-5,15,17,19H,3,6-14,16,24H2,1-2H3/t19-,23+/m1/s1. The van der Waals surface area contributed by atoms with Gasteiger partial charge in [0.2, 0.25) is 5.88 Å². The molecule has 8 nitrogen and oxygen atoms in total. The van der Waals surface area contributed by atoms with Gasteiger partial charge in [0.15, 0.2) is 9.84 Å². The van der Waals surface area contributed by atoms with Crippen molar-refractivity contribution < 1.29 is 22.7 Å². The lowest BCUT2D eigenvalue weighted by Crippen LogP contribution is -2.42. The number of hydrogen-bond acceptors (Lipinski definition) is 7. The van der Waals surface area contributed by atoms with E-state index >= 15 is 0 Å². The first kappa shape index (κ1) is 23.3. The first-order chi connectivity index (χ1) is 15.1. The number of carbonyl (C=O) groups excluding carboxylic acids is 1. The minimum Gasteiger partial charge on any atom is -0.478 e. The molecule has 1 aromatic heterocycles. The Bertz CT molecular complexity index is 923. The van der Waals surface area contributed by atoms with Gasteiger partial charge in [0, 0.05) is 42.6 Å². The van der Waals surface area contributed by atoms with Crippen molar-refractivity contribution >= 4 is 15.9 Å². The van der Waals surface area contributed by atoms with Crippen molar-refractivity contribution in [2.75, 3.05) is 32.6 Å². The molecule has 32 heavy (non-hydrogen) atoms. The van der Waals surface area contributed by atoms with E-state index in [0.29, 0.717) is 30.9 Å². The smallest absolute Gasteiger partial charge is 0.409 e. The normalized spacial score (nSPS) is 27.5. The summed E-state index contributed by atoms with van der Waals surface area (Å²) in [5.74, 6) is 1.39. The van der Waals surface area contributed by atoms with Gasteiger partial charge in [0.1, 0.15) is 0 Å². The van der Waals surface area contributed by atoms with Gasteiger partial charge in [-0.3, -0.25) is 0 Å². The van der Waals surface area contributed by atoms with Crippen LogP contribution in [0.25, 0.3) is 0 Å². The molecule has 9 heteroatoms. The number of aromatic nitrogens is 1. The van der Waals surface area contributed by atoms with Crippen LogP contribution in [0.5, 0.6) is 5.88 Å². The van der Waals surface area contributed by atoms with Crippen molar-refractivity contribution in [3.63, 3.8) is 0 Å². The molecular weight excluding hydrogens is 430 g/mol. The van der Waals surface area contributed by atoms with E-state index in [1.165, 1.54) is 18.7 Å². The third-order valence-electron chi connectivity index (χ3n) is 7.60. The predicted molar refractivity (Wildman–Crippen MR) is 120 cm³/mol. The second-order valence-corrected chi connectivity index (χ2v) is 12.3. The third kappa shape index (κ3) is 5.36. The molecule has 2 saturated carbocycles. The number of pyridine rings is 1. The number of piperidine rings is 1. The lowest BCUT2D eigenvalue weighted by molar-refractivity contribution is 0.0187. The van der Waals surface area contributed by atoms with Crippen molar-refractivity contribution in [1.29, 1.82) is 0 Å². The number of sulfone groups is 1. The summed E-state index contributed by atoms with van der Waals surface area (Å²) in [5, 5.41) is 0. The molecule has 2 atom stereocenters. The minimum atomic E-state index is -3.26. The maximum absolute atomic E-state index is 12.4. The largest absolute Gasteiger partial charge is 0.478 e. The first-order valence-electron chi connectivity index (χ1n) is 11.6. The zero-order valence-corrected chi connectivity index (χ0v) is 19.9. The van der Waals surface area contributed by atoms with Crippen LogP contribution in [0.4, 0.5) is 4.79 Å². The van der Waals surface area contributed by atoms with Gasteiger partial charge in [0.25, 0.3) is 0 Å². The van der Waals surface area contributed by atoms with Crippen molar-refractivity contribution in [1.82, 2.24) is 9.88 Å². The van der Waals surface area contributed by atoms with E-state index in [1.807, 2.05) is 4.90 Å². The molecular formula is C23H35N3O5S. The molecule has 1 aromatic rings. The van der Waals surface area contributed by atoms with Gasteiger partial charge in [-0.15, -0.1) is 0 Å². The maximum atomic E-state index is 12.4. The Morgan fingerprint density at radius 2 is 2.00 bits per heavy atom. The van der Waals surface area contributed by atoms with Gasteiger partial charge in [-0.25, -0.2) is 18.2 Å². The number of hydrogen-bond donors (Lipinski definition) is 1. The van der Waals surface area contributed by atoms with Crippen LogP contribution in [0.15, 0.2) is 23.2 Å². The summed E-state index contributed by atoms with van der Waals surface area (Å²) < 4.78 is 34.3. The monoisotopic (exact) mass is 465 g/mol. The fourth-order valence-corrected chi connectivity index (χ4v) is 5.59. The molecule has 3 aliphatic rings. The number of rotatable bonds is 8. The summed E-state index contributed by atoms with van der Waals surface area (Å²) in [4.78, 5) is 18.5. The third-order valence-corrected chi connectivity index (χ3v) is 8.70. The molecule has 1 aliphatic heterocycles. The van der Waals surface area contributed by atoms with Gasteiger partial charge in [-0.1, -0.05) is 13.3 Å². The molecule has 0 unspecified atom stereocenters. The fourth-order valence-electron chi connectivity index (χ4n) is 5.03. The van der Waals surface area contributed by atoms with Gasteiger partial charge < -0.3 is 20.1 Å². The lowest BCUT2D eigenvalue weighted by Gasteiger charge is -2.38. The van der Waals surface area contributed by atoms with E-state index in [-0.39, 0.29) is 21.9 Å². The Labute approximate surface area is 190 Å². The zero-order valence-electron chi connectivity index (χ0n) is 19.1. The summed E-state index contributed by atoms with van der Waals surface area (Å²) >= 11 is 0. The van der Waals surface area contributed by atoms with Crippen LogP contribution in [0, 0.1) is 17.3 Å². The Morgan fingerprint density at radius 3 is 2.56 bits per heavy atom. The second-order valence-electron chi connectivity index (χ2n) is 10.3. The highest BCUT2D eigenvalue weighted by molar-refractivity contribution is 7.90. The Kier molecular flexibility index (Phi) is 6.42. The molecule has 1 saturated heterocycles. The second kappa shape index (κ2) is 8.82. The average molecular weight is 466 g/mol. The average Bonchev–Trinajstić information content (AvgIpc) is 3.41. The van der Waals surface area contributed by atoms with Crippen molar-refractivity contribution in [2.24, 2.45) is 23.0 Å². The highest BCUT2D eigenvalue weighted by Gasteiger charge is 2.54. The number of nitrogens with zero attached hydrogens (tertiary/aromatic N) is 2. The minimum absolute atomic E-state index is 0.172. The Hall–Kier alpha value is -1.87. The van der Waals surface area contributed by atoms with Gasteiger partial charge in [-0.05, 0) is 56.4 Å². The van der Waals surface area contributed by atoms with E-state index in [0.717, 1.165) is 57.9 Å². The fraction of sp³-hybridized carbons (Fsp3) is 0.739. The molecule has 0 spiro atoms. The van der Waals surface area contributed by atoms with Crippen LogP contribution in [0.3, 0.4) is 0 Å². The summed E-state index contributed by atoms with van der Waals surface area (Å²) in [6.45, 7) is 4.64. The topological polar surface area (TPSA) is 112 Å². The quantitative estimate of drug-likeness (QED) is 0.628. The number of amides is 1. The molecule has 2 heterocycles. The summed E-state index contributed by atoms with van der Waals surface area (Å²) in [5.41, 5.74) is 6.56. The number of nitrogens with two attached hydrogens (primary N) is 1. The van der Waals surface area contributed by atoms with E-state index in [9.17, 15) is 13.2 Å². The first-order valence-corrected chi connectivity index (χ1v) is 13.5. The van der Waals surface area contributed by atoms with Crippen LogP contribution in [0.2, 0.25) is 0 Å². The van der Waals surface area contributed by atoms with Crippen LogP contribution in [-0.2, 0) is 14.6 Å². The zero-order chi connectivity index (χ0) is 23.0.